The van der Waals surface area contributed by atoms with Gasteiger partial charge in [0.15, 0.2) is 5.75 Å². The van der Waals surface area contributed by atoms with E-state index < -0.39 is 0 Å². The molecule has 0 bridgehead atoms. The molecule has 0 atom stereocenters. The van der Waals surface area contributed by atoms with Crippen LogP contribution in [-0.4, -0.2) is 25.3 Å². The minimum atomic E-state index is -0.334. The predicted molar refractivity (Wildman–Crippen MR) is 85.5 cm³/mol. The Morgan fingerprint density at radius 3 is 2.71 bits per heavy atom. The highest BCUT2D eigenvalue weighted by Gasteiger charge is 2.17. The van der Waals surface area contributed by atoms with Crippen LogP contribution in [0.25, 0.3) is 22.5 Å². The maximum absolute atomic E-state index is 12.9. The Hall–Kier alpha value is -3.42. The number of phenolic OH excluding ortho intramolecular Hbond substituents is 1. The fourth-order valence-electron chi connectivity index (χ4n) is 2.40. The first-order chi connectivity index (χ1) is 11.6. The minimum Gasteiger partial charge on any atom is -0.505 e. The predicted octanol–water partition coefficient (Wildman–Crippen LogP) is 3.51. The quantitative estimate of drug-likeness (QED) is 0.533. The third kappa shape index (κ3) is 2.43. The fourth-order valence-corrected chi connectivity index (χ4v) is 2.40. The standard InChI is InChI=1S/C16H12FN5O2/c1-8-18-12-7-6-11(14(23)13(12)19-8)15-21-22-16(24-15)20-10-4-2-9(17)3-5-10/h2-7,23H,1H3,(H,18,19)(H,20,22). The molecule has 4 aromatic rings. The molecule has 0 fully saturated rings. The Kier molecular flexibility index (Phi) is 3.16. The normalized spacial score (nSPS) is 11.1. The lowest BCUT2D eigenvalue weighted by atomic mass is 10.1. The number of aromatic nitrogens is 4. The van der Waals surface area contributed by atoms with Gasteiger partial charge in [0.25, 0.3) is 5.89 Å². The van der Waals surface area contributed by atoms with Crippen molar-refractivity contribution in [3.63, 3.8) is 0 Å². The second-order valence-electron chi connectivity index (χ2n) is 5.22. The maximum Gasteiger partial charge on any atom is 0.320 e. The van der Waals surface area contributed by atoms with Crippen LogP contribution < -0.4 is 5.32 Å². The van der Waals surface area contributed by atoms with Gasteiger partial charge in [0.1, 0.15) is 17.2 Å². The SMILES string of the molecule is Cc1nc2c(O)c(-c3nnc(Nc4ccc(F)cc4)o3)ccc2[nH]1. The lowest BCUT2D eigenvalue weighted by Crippen LogP contribution is -1.90. The van der Waals surface area contributed by atoms with Crippen molar-refractivity contribution in [1.82, 2.24) is 20.2 Å². The van der Waals surface area contributed by atoms with E-state index >= 15 is 0 Å². The number of aromatic hydroxyl groups is 1. The summed E-state index contributed by atoms with van der Waals surface area (Å²) >= 11 is 0. The Bertz CT molecular complexity index is 1020. The molecular formula is C16H12FN5O2. The van der Waals surface area contributed by atoms with Gasteiger partial charge in [-0.1, -0.05) is 5.10 Å². The molecule has 4 rings (SSSR count). The number of benzene rings is 2. The molecule has 24 heavy (non-hydrogen) atoms. The molecule has 8 heteroatoms. The minimum absolute atomic E-state index is 0.0335. The van der Waals surface area contributed by atoms with Gasteiger partial charge in [0, 0.05) is 5.69 Å². The van der Waals surface area contributed by atoms with Crippen LogP contribution in [0.4, 0.5) is 16.1 Å². The highest BCUT2D eigenvalue weighted by molar-refractivity contribution is 5.88. The smallest absolute Gasteiger partial charge is 0.320 e. The van der Waals surface area contributed by atoms with Crippen LogP contribution in [0.3, 0.4) is 0 Å². The summed E-state index contributed by atoms with van der Waals surface area (Å²) in [6.45, 7) is 1.80. The highest BCUT2D eigenvalue weighted by Crippen LogP contribution is 2.34. The number of fused-ring (bicyclic) bond motifs is 1. The monoisotopic (exact) mass is 325 g/mol. The summed E-state index contributed by atoms with van der Waals surface area (Å²) in [6, 6.07) is 9.32. The summed E-state index contributed by atoms with van der Waals surface area (Å²) < 4.78 is 18.4. The molecule has 0 spiro atoms. The molecule has 0 saturated heterocycles. The molecule has 0 aliphatic heterocycles. The van der Waals surface area contributed by atoms with Gasteiger partial charge in [-0.3, -0.25) is 0 Å². The van der Waals surface area contributed by atoms with Gasteiger partial charge in [-0.25, -0.2) is 9.37 Å². The van der Waals surface area contributed by atoms with Crippen molar-refractivity contribution >= 4 is 22.7 Å². The van der Waals surface area contributed by atoms with E-state index in [2.05, 4.69) is 25.5 Å². The molecule has 0 aliphatic carbocycles. The van der Waals surface area contributed by atoms with Crippen molar-refractivity contribution in [1.29, 1.82) is 0 Å². The zero-order chi connectivity index (χ0) is 16.7. The highest BCUT2D eigenvalue weighted by atomic mass is 19.1. The lowest BCUT2D eigenvalue weighted by molar-refractivity contribution is 0.478. The molecule has 2 heterocycles. The van der Waals surface area contributed by atoms with Crippen LogP contribution in [0.1, 0.15) is 5.82 Å². The Labute approximate surface area is 135 Å². The molecule has 0 radical (unpaired) electrons. The topological polar surface area (TPSA) is 99.9 Å². The number of imidazole rings is 1. The van der Waals surface area contributed by atoms with Crippen LogP contribution in [0.2, 0.25) is 0 Å². The average molecular weight is 325 g/mol. The molecule has 120 valence electrons. The van der Waals surface area contributed by atoms with E-state index in [4.69, 9.17) is 4.42 Å². The molecule has 2 aromatic heterocycles. The van der Waals surface area contributed by atoms with Crippen molar-refractivity contribution in [2.45, 2.75) is 6.92 Å². The number of aromatic amines is 1. The number of hydrogen-bond donors (Lipinski definition) is 3. The number of nitrogens with zero attached hydrogens (tertiary/aromatic N) is 3. The number of anilines is 2. The van der Waals surface area contributed by atoms with Gasteiger partial charge >= 0.3 is 6.01 Å². The van der Waals surface area contributed by atoms with E-state index in [1.807, 2.05) is 0 Å². The molecule has 0 amide bonds. The summed E-state index contributed by atoms with van der Waals surface area (Å²) in [6.07, 6.45) is 0. The number of nitrogens with one attached hydrogen (secondary N) is 2. The van der Waals surface area contributed by atoms with Crippen molar-refractivity contribution in [3.05, 3.63) is 48.0 Å². The van der Waals surface area contributed by atoms with Gasteiger partial charge in [-0.15, -0.1) is 5.10 Å². The summed E-state index contributed by atoms with van der Waals surface area (Å²) in [7, 11) is 0. The van der Waals surface area contributed by atoms with E-state index in [1.165, 1.54) is 12.1 Å². The number of H-pyrrole nitrogens is 1. The molecule has 0 aliphatic rings. The summed E-state index contributed by atoms with van der Waals surface area (Å²) in [5.74, 6) is 0.481. The number of rotatable bonds is 3. The third-order valence-electron chi connectivity index (χ3n) is 3.50. The molecule has 2 aromatic carbocycles. The fraction of sp³-hybridized carbons (Fsp3) is 0.0625. The van der Waals surface area contributed by atoms with Gasteiger partial charge in [-0.05, 0) is 43.3 Å². The van der Waals surface area contributed by atoms with E-state index in [1.54, 1.807) is 31.2 Å². The van der Waals surface area contributed by atoms with Crippen LogP contribution in [0, 0.1) is 12.7 Å². The summed E-state index contributed by atoms with van der Waals surface area (Å²) in [5, 5.41) is 21.0. The van der Waals surface area contributed by atoms with Crippen LogP contribution in [0.15, 0.2) is 40.8 Å². The molecule has 0 unspecified atom stereocenters. The second kappa shape index (κ2) is 5.34. The first-order valence-corrected chi connectivity index (χ1v) is 7.15. The third-order valence-corrected chi connectivity index (χ3v) is 3.50. The van der Waals surface area contributed by atoms with Gasteiger partial charge < -0.3 is 19.8 Å². The summed E-state index contributed by atoms with van der Waals surface area (Å²) in [5.41, 5.74) is 2.15. The number of hydrogen-bond acceptors (Lipinski definition) is 6. The molecular weight excluding hydrogens is 313 g/mol. The zero-order valence-electron chi connectivity index (χ0n) is 12.5. The van der Waals surface area contributed by atoms with Crippen LogP contribution >= 0.6 is 0 Å². The summed E-state index contributed by atoms with van der Waals surface area (Å²) in [4.78, 5) is 7.27. The van der Waals surface area contributed by atoms with Crippen LogP contribution in [-0.2, 0) is 0 Å². The van der Waals surface area contributed by atoms with Crippen LogP contribution in [0.5, 0.6) is 5.75 Å². The Morgan fingerprint density at radius 2 is 1.92 bits per heavy atom. The van der Waals surface area contributed by atoms with E-state index in [9.17, 15) is 9.50 Å². The van der Waals surface area contributed by atoms with Crippen molar-refractivity contribution in [2.24, 2.45) is 0 Å². The van der Waals surface area contributed by atoms with Gasteiger partial charge in [0.05, 0.1) is 11.1 Å². The second-order valence-corrected chi connectivity index (χ2v) is 5.22. The van der Waals surface area contributed by atoms with E-state index in [-0.39, 0.29) is 23.5 Å². The first kappa shape index (κ1) is 14.2. The molecule has 0 saturated carbocycles. The van der Waals surface area contributed by atoms with Gasteiger partial charge in [0.2, 0.25) is 0 Å². The number of phenols is 1. The Balaban J connectivity index is 1.67. The van der Waals surface area contributed by atoms with Crippen molar-refractivity contribution in [3.8, 4) is 17.2 Å². The molecule has 7 nitrogen and oxygen atoms in total. The van der Waals surface area contributed by atoms with E-state index in [0.717, 1.165) is 5.52 Å². The molecule has 3 N–H and O–H groups in total. The number of halogens is 1. The average Bonchev–Trinajstić information content (AvgIpc) is 3.16. The maximum atomic E-state index is 12.9. The largest absolute Gasteiger partial charge is 0.505 e. The Morgan fingerprint density at radius 1 is 1.12 bits per heavy atom. The van der Waals surface area contributed by atoms with Crippen molar-refractivity contribution < 1.29 is 13.9 Å². The van der Waals surface area contributed by atoms with Crippen molar-refractivity contribution in [2.75, 3.05) is 5.32 Å². The van der Waals surface area contributed by atoms with E-state index in [0.29, 0.717) is 22.6 Å². The number of aryl methyl sites for hydroxylation is 1. The zero-order valence-corrected chi connectivity index (χ0v) is 12.5. The first-order valence-electron chi connectivity index (χ1n) is 7.15. The lowest BCUT2D eigenvalue weighted by Gasteiger charge is -2.01. The van der Waals surface area contributed by atoms with Gasteiger partial charge in [-0.2, -0.15) is 0 Å².